The van der Waals surface area contributed by atoms with Crippen LogP contribution in [0.3, 0.4) is 0 Å². The number of anilines is 1. The van der Waals surface area contributed by atoms with Crippen molar-refractivity contribution in [1.29, 1.82) is 0 Å². The van der Waals surface area contributed by atoms with E-state index in [0.717, 1.165) is 15.4 Å². The predicted octanol–water partition coefficient (Wildman–Crippen LogP) is 1.97. The van der Waals surface area contributed by atoms with E-state index in [1.807, 2.05) is 19.1 Å². The Morgan fingerprint density at radius 1 is 1.41 bits per heavy atom. The van der Waals surface area contributed by atoms with Gasteiger partial charge in [-0.3, -0.25) is 4.79 Å². The highest BCUT2D eigenvalue weighted by Gasteiger charge is 2.23. The zero-order chi connectivity index (χ0) is 13.2. The van der Waals surface area contributed by atoms with Gasteiger partial charge >= 0.3 is 0 Å². The molecular weight excluding hydrogens is 353 g/mol. The highest BCUT2D eigenvalue weighted by Crippen LogP contribution is 2.20. The van der Waals surface area contributed by atoms with Crippen LogP contribution in [0.1, 0.15) is 12.5 Å². The van der Waals surface area contributed by atoms with Gasteiger partial charge in [0, 0.05) is 15.5 Å². The van der Waals surface area contributed by atoms with E-state index in [1.165, 1.54) is 6.92 Å². The molecule has 0 unspecified atom stereocenters. The molecule has 1 rings (SSSR count). The number of benzene rings is 1. The summed E-state index contributed by atoms with van der Waals surface area (Å²) in [4.78, 5) is 11.7. The first-order chi connectivity index (χ1) is 7.73. The first-order valence-corrected chi connectivity index (χ1v) is 8.01. The van der Waals surface area contributed by atoms with Crippen LogP contribution in [0.2, 0.25) is 0 Å². The van der Waals surface area contributed by atoms with Crippen molar-refractivity contribution in [3.8, 4) is 0 Å². The van der Waals surface area contributed by atoms with Crippen molar-refractivity contribution in [1.82, 2.24) is 0 Å². The van der Waals surface area contributed by atoms with Gasteiger partial charge in [-0.1, -0.05) is 6.07 Å². The van der Waals surface area contributed by atoms with Crippen LogP contribution in [-0.4, -0.2) is 25.8 Å². The topological polar surface area (TPSA) is 63.2 Å². The molecule has 1 N–H and O–H groups in total. The second kappa shape index (κ2) is 5.34. The van der Waals surface area contributed by atoms with Crippen LogP contribution in [0.25, 0.3) is 0 Å². The van der Waals surface area contributed by atoms with Gasteiger partial charge in [-0.25, -0.2) is 8.42 Å². The first-order valence-electron chi connectivity index (χ1n) is 4.98. The Kier molecular flexibility index (Phi) is 4.54. The molecule has 0 radical (unpaired) electrons. The molecule has 1 aromatic carbocycles. The van der Waals surface area contributed by atoms with Crippen molar-refractivity contribution >= 4 is 44.0 Å². The number of hydrogen-bond donors (Lipinski definition) is 1. The van der Waals surface area contributed by atoms with Gasteiger partial charge in [-0.2, -0.15) is 0 Å². The highest BCUT2D eigenvalue weighted by molar-refractivity contribution is 14.1. The molecule has 17 heavy (non-hydrogen) atoms. The summed E-state index contributed by atoms with van der Waals surface area (Å²) in [6, 6.07) is 5.49. The Balaban J connectivity index is 2.93. The Morgan fingerprint density at radius 3 is 2.53 bits per heavy atom. The maximum Gasteiger partial charge on any atom is 0.242 e. The molecule has 0 aliphatic heterocycles. The average molecular weight is 367 g/mol. The minimum absolute atomic E-state index is 0.502. The SMILES string of the molecule is Cc1c(I)cccc1NC(=O)[C@@H](C)S(C)(=O)=O. The van der Waals surface area contributed by atoms with E-state index in [9.17, 15) is 13.2 Å². The lowest BCUT2D eigenvalue weighted by Crippen LogP contribution is -2.32. The van der Waals surface area contributed by atoms with Crippen LogP contribution in [0, 0.1) is 10.5 Å². The molecule has 94 valence electrons. The zero-order valence-electron chi connectivity index (χ0n) is 9.82. The Morgan fingerprint density at radius 2 is 2.00 bits per heavy atom. The molecule has 0 fully saturated rings. The second-order valence-corrected chi connectivity index (χ2v) is 7.40. The number of nitrogens with one attached hydrogen (secondary N) is 1. The number of carbonyl (C=O) groups excluding carboxylic acids is 1. The Bertz CT molecular complexity index is 540. The van der Waals surface area contributed by atoms with Crippen LogP contribution in [-0.2, 0) is 14.6 Å². The molecule has 0 spiro atoms. The third-order valence-electron chi connectivity index (χ3n) is 2.54. The summed E-state index contributed by atoms with van der Waals surface area (Å²) in [6.07, 6.45) is 1.05. The van der Waals surface area contributed by atoms with Gasteiger partial charge in [0.25, 0.3) is 0 Å². The van der Waals surface area contributed by atoms with E-state index in [1.54, 1.807) is 6.07 Å². The maximum atomic E-state index is 11.7. The molecule has 6 heteroatoms. The standard InChI is InChI=1S/C11H14INO3S/c1-7-9(12)5-4-6-10(7)13-11(14)8(2)17(3,15)16/h4-6,8H,1-3H3,(H,13,14)/t8-/m1/s1. The normalized spacial score (nSPS) is 13.2. The largest absolute Gasteiger partial charge is 0.325 e. The van der Waals surface area contributed by atoms with Gasteiger partial charge < -0.3 is 5.32 Å². The van der Waals surface area contributed by atoms with Gasteiger partial charge in [0.2, 0.25) is 5.91 Å². The Labute approximate surface area is 115 Å². The number of amides is 1. The van der Waals surface area contributed by atoms with E-state index >= 15 is 0 Å². The van der Waals surface area contributed by atoms with Crippen molar-refractivity contribution in [3.05, 3.63) is 27.3 Å². The summed E-state index contributed by atoms with van der Waals surface area (Å²) in [5.41, 5.74) is 1.58. The number of sulfone groups is 1. The van der Waals surface area contributed by atoms with Gasteiger partial charge in [-0.15, -0.1) is 0 Å². The van der Waals surface area contributed by atoms with Crippen molar-refractivity contribution in [2.45, 2.75) is 19.1 Å². The van der Waals surface area contributed by atoms with E-state index < -0.39 is 21.0 Å². The maximum absolute atomic E-state index is 11.7. The zero-order valence-corrected chi connectivity index (χ0v) is 12.8. The number of hydrogen-bond acceptors (Lipinski definition) is 3. The number of carbonyl (C=O) groups is 1. The number of rotatable bonds is 3. The molecule has 1 aromatic rings. The molecular formula is C11H14INO3S. The quantitative estimate of drug-likeness (QED) is 0.831. The molecule has 0 aliphatic carbocycles. The van der Waals surface area contributed by atoms with Crippen LogP contribution in [0.5, 0.6) is 0 Å². The van der Waals surface area contributed by atoms with Gasteiger partial charge in [0.05, 0.1) is 0 Å². The molecule has 0 heterocycles. The predicted molar refractivity (Wildman–Crippen MR) is 76.8 cm³/mol. The van der Waals surface area contributed by atoms with Gasteiger partial charge in [0.1, 0.15) is 5.25 Å². The third-order valence-corrected chi connectivity index (χ3v) is 5.20. The average Bonchev–Trinajstić information content (AvgIpc) is 2.22. The fraction of sp³-hybridized carbons (Fsp3) is 0.364. The molecule has 1 amide bonds. The first kappa shape index (κ1) is 14.4. The summed E-state index contributed by atoms with van der Waals surface area (Å²) in [6.45, 7) is 3.26. The lowest BCUT2D eigenvalue weighted by molar-refractivity contribution is -0.115. The van der Waals surface area contributed by atoms with Crippen LogP contribution < -0.4 is 5.32 Å². The minimum Gasteiger partial charge on any atom is -0.325 e. The minimum atomic E-state index is -3.36. The van der Waals surface area contributed by atoms with Crippen LogP contribution in [0.4, 0.5) is 5.69 Å². The van der Waals surface area contributed by atoms with E-state index in [-0.39, 0.29) is 0 Å². The lowest BCUT2D eigenvalue weighted by Gasteiger charge is -2.13. The van der Waals surface area contributed by atoms with Crippen molar-refractivity contribution < 1.29 is 13.2 Å². The summed E-state index contributed by atoms with van der Waals surface area (Å²) < 4.78 is 23.5. The lowest BCUT2D eigenvalue weighted by atomic mass is 10.2. The van der Waals surface area contributed by atoms with Crippen molar-refractivity contribution in [3.63, 3.8) is 0 Å². The molecule has 1 atom stereocenters. The monoisotopic (exact) mass is 367 g/mol. The fourth-order valence-corrected chi connectivity index (χ4v) is 2.12. The van der Waals surface area contributed by atoms with Crippen LogP contribution in [0.15, 0.2) is 18.2 Å². The molecule has 4 nitrogen and oxygen atoms in total. The third kappa shape index (κ3) is 3.67. The summed E-state index contributed by atoms with van der Waals surface area (Å²) >= 11 is 2.16. The smallest absolute Gasteiger partial charge is 0.242 e. The Hall–Kier alpha value is -0.630. The molecule has 0 saturated heterocycles. The van der Waals surface area contributed by atoms with Gasteiger partial charge in [0.15, 0.2) is 9.84 Å². The van der Waals surface area contributed by atoms with Crippen LogP contribution >= 0.6 is 22.6 Å². The summed E-state index contributed by atoms with van der Waals surface area (Å²) in [5, 5.41) is 1.59. The second-order valence-electron chi connectivity index (χ2n) is 3.87. The van der Waals surface area contributed by atoms with E-state index in [2.05, 4.69) is 27.9 Å². The molecule has 0 saturated carbocycles. The summed E-state index contributed by atoms with van der Waals surface area (Å²) in [5.74, 6) is -0.502. The van der Waals surface area contributed by atoms with Crippen molar-refractivity contribution in [2.75, 3.05) is 11.6 Å². The van der Waals surface area contributed by atoms with Crippen molar-refractivity contribution in [2.24, 2.45) is 0 Å². The number of halogens is 1. The van der Waals surface area contributed by atoms with E-state index in [0.29, 0.717) is 5.69 Å². The summed E-state index contributed by atoms with van der Waals surface area (Å²) in [7, 11) is -3.36. The van der Waals surface area contributed by atoms with Gasteiger partial charge in [-0.05, 0) is 54.1 Å². The molecule has 0 aromatic heterocycles. The fourth-order valence-electron chi connectivity index (χ4n) is 1.17. The molecule has 0 aliphatic rings. The highest BCUT2D eigenvalue weighted by atomic mass is 127. The van der Waals surface area contributed by atoms with E-state index in [4.69, 9.17) is 0 Å². The molecule has 0 bridgehead atoms.